The number of hydrogen-bond donors (Lipinski definition) is 1. The zero-order valence-electron chi connectivity index (χ0n) is 23.3. The Kier molecular flexibility index (Phi) is 8.35. The molecule has 0 radical (unpaired) electrons. The van der Waals surface area contributed by atoms with Gasteiger partial charge in [0.15, 0.2) is 0 Å². The van der Waals surface area contributed by atoms with Crippen molar-refractivity contribution in [2.75, 3.05) is 9.74 Å². The molecule has 2 aromatic heterocycles. The number of pyridine rings is 1. The van der Waals surface area contributed by atoms with Crippen LogP contribution in [0.1, 0.15) is 62.7 Å². The van der Waals surface area contributed by atoms with Crippen molar-refractivity contribution in [2.45, 2.75) is 50.1 Å². The first-order valence-corrected chi connectivity index (χ1v) is 17.7. The second-order valence-electron chi connectivity index (χ2n) is 10.5. The molecule has 0 aliphatic carbocycles. The third-order valence-electron chi connectivity index (χ3n) is 7.69. The summed E-state index contributed by atoms with van der Waals surface area (Å²) in [6.07, 6.45) is 4.09. The Hall–Kier alpha value is -3.30. The maximum atomic E-state index is 13.6. The number of hydrogen-bond acceptors (Lipinski definition) is 5. The number of aromatic nitrogens is 2. The summed E-state index contributed by atoms with van der Waals surface area (Å²) in [4.78, 5) is 32.2. The molecule has 0 saturated carbocycles. The second-order valence-corrected chi connectivity index (χ2v) is 14.9. The molecule has 3 aromatic carbocycles. The molecule has 1 N–H and O–H groups in total. The van der Waals surface area contributed by atoms with Gasteiger partial charge in [-0.2, -0.15) is 0 Å². The Bertz CT molecular complexity index is 1770. The number of alkyl halides is 2. The number of halogens is 1. The van der Waals surface area contributed by atoms with Crippen molar-refractivity contribution in [2.24, 2.45) is 0 Å². The van der Waals surface area contributed by atoms with Crippen molar-refractivity contribution in [3.8, 4) is 11.1 Å². The standard InChI is InChI=1S/C34H33IN3O2S/c1-3-10-30(39)28-21-38(20-24-14-7-8-15-25(24)23-12-5-4-6-13-23)33-31(32(28)40)37-34(41-33)36-19-27-22(2)11-9-16-26(27)29-17-18-35-29/h4-9,11-16,21,29H,3,10,17-20H2,1-2H3,(H,36,37)/q-1. The van der Waals surface area contributed by atoms with Crippen LogP contribution in [0.25, 0.3) is 21.5 Å². The fourth-order valence-electron chi connectivity index (χ4n) is 5.43. The number of rotatable bonds is 10. The molecule has 5 aromatic rings. The Morgan fingerprint density at radius 1 is 1.07 bits per heavy atom. The van der Waals surface area contributed by atoms with Crippen molar-refractivity contribution in [1.29, 1.82) is 0 Å². The summed E-state index contributed by atoms with van der Waals surface area (Å²) in [6.45, 7) is 5.34. The van der Waals surface area contributed by atoms with E-state index in [1.54, 1.807) is 6.20 Å². The molecule has 210 valence electrons. The summed E-state index contributed by atoms with van der Waals surface area (Å²) in [5.74, 6) is -0.125. The fraction of sp³-hybridized carbons (Fsp3) is 0.265. The summed E-state index contributed by atoms with van der Waals surface area (Å²) in [5, 5.41) is 4.25. The molecular formula is C34H33IN3O2S-. The zero-order valence-corrected chi connectivity index (χ0v) is 26.3. The number of ketones is 1. The van der Waals surface area contributed by atoms with Crippen LogP contribution in [0.15, 0.2) is 83.8 Å². The summed E-state index contributed by atoms with van der Waals surface area (Å²) < 4.78 is 4.19. The van der Waals surface area contributed by atoms with Crippen LogP contribution in [-0.2, 0) is 13.1 Å². The summed E-state index contributed by atoms with van der Waals surface area (Å²) in [7, 11) is 0. The van der Waals surface area contributed by atoms with Crippen LogP contribution in [0.2, 0.25) is 0 Å². The van der Waals surface area contributed by atoms with Gasteiger partial charge in [-0.3, -0.25) is 0 Å². The minimum atomic E-state index is -0.272. The molecule has 0 bridgehead atoms. The van der Waals surface area contributed by atoms with Crippen LogP contribution in [0.4, 0.5) is 5.13 Å². The first kappa shape index (κ1) is 27.8. The van der Waals surface area contributed by atoms with E-state index in [-0.39, 0.29) is 38.0 Å². The fourth-order valence-corrected chi connectivity index (χ4v) is 8.67. The number of thiazole rings is 1. The molecule has 1 unspecified atom stereocenters. The molecular weight excluding hydrogens is 641 g/mol. The van der Waals surface area contributed by atoms with Crippen LogP contribution in [0.5, 0.6) is 0 Å². The minimum absolute atomic E-state index is 0.125. The molecule has 1 atom stereocenters. The summed E-state index contributed by atoms with van der Waals surface area (Å²) in [5.41, 5.74) is 7.82. The van der Waals surface area contributed by atoms with Crippen molar-refractivity contribution >= 4 is 32.6 Å². The maximum absolute atomic E-state index is 13.6. The average Bonchev–Trinajstić information content (AvgIpc) is 3.39. The average molecular weight is 675 g/mol. The van der Waals surface area contributed by atoms with E-state index in [4.69, 9.17) is 4.98 Å². The van der Waals surface area contributed by atoms with Crippen molar-refractivity contribution < 1.29 is 26.0 Å². The molecule has 7 heteroatoms. The monoisotopic (exact) mass is 674 g/mol. The van der Waals surface area contributed by atoms with Gasteiger partial charge in [0.2, 0.25) is 0 Å². The van der Waals surface area contributed by atoms with Gasteiger partial charge in [0, 0.05) is 0 Å². The Morgan fingerprint density at radius 3 is 2.61 bits per heavy atom. The molecule has 5 nitrogen and oxygen atoms in total. The van der Waals surface area contributed by atoms with Gasteiger partial charge in [0.05, 0.1) is 0 Å². The number of benzene rings is 3. The van der Waals surface area contributed by atoms with E-state index < -0.39 is 0 Å². The first-order chi connectivity index (χ1) is 20.0. The molecule has 0 spiro atoms. The summed E-state index contributed by atoms with van der Waals surface area (Å²) >= 11 is 1.74. The van der Waals surface area contributed by atoms with E-state index in [0.29, 0.717) is 36.6 Å². The Balaban J connectivity index is 1.39. The molecule has 1 fully saturated rings. The number of carbonyl (C=O) groups is 1. The summed E-state index contributed by atoms with van der Waals surface area (Å²) in [6, 6.07) is 25.3. The molecule has 1 saturated heterocycles. The third-order valence-corrected chi connectivity index (χ3v) is 12.3. The van der Waals surface area contributed by atoms with Crippen molar-refractivity contribution in [3.63, 3.8) is 0 Å². The van der Waals surface area contributed by atoms with Gasteiger partial charge in [-0.1, -0.05) is 55.5 Å². The van der Waals surface area contributed by atoms with Crippen molar-refractivity contribution in [3.05, 3.63) is 117 Å². The van der Waals surface area contributed by atoms with Crippen LogP contribution in [0.3, 0.4) is 0 Å². The predicted molar refractivity (Wildman–Crippen MR) is 165 cm³/mol. The van der Waals surface area contributed by atoms with E-state index in [9.17, 15) is 9.59 Å². The predicted octanol–water partition coefficient (Wildman–Crippen LogP) is 4.61. The van der Waals surface area contributed by atoms with Gasteiger partial charge < -0.3 is 0 Å². The molecule has 1 aliphatic heterocycles. The number of anilines is 1. The molecule has 41 heavy (non-hydrogen) atoms. The van der Waals surface area contributed by atoms with Gasteiger partial charge in [0.25, 0.3) is 0 Å². The third kappa shape index (κ3) is 5.75. The van der Waals surface area contributed by atoms with E-state index in [1.165, 1.54) is 38.9 Å². The second kappa shape index (κ2) is 12.3. The van der Waals surface area contributed by atoms with Crippen LogP contribution < -0.4 is 32.0 Å². The van der Waals surface area contributed by atoms with Gasteiger partial charge in [-0.05, 0) is 12.0 Å². The number of nitrogens with one attached hydrogen (secondary N) is 1. The zero-order chi connectivity index (χ0) is 28.3. The van der Waals surface area contributed by atoms with Gasteiger partial charge in [-0.25, -0.2) is 0 Å². The quantitative estimate of drug-likeness (QED) is 0.134. The number of nitrogens with zero attached hydrogens (tertiary/aromatic N) is 2. The molecule has 3 heterocycles. The van der Waals surface area contributed by atoms with Gasteiger partial charge in [-0.15, -0.1) is 0 Å². The van der Waals surface area contributed by atoms with E-state index in [0.717, 1.165) is 25.4 Å². The van der Waals surface area contributed by atoms with Gasteiger partial charge in [0.1, 0.15) is 0 Å². The van der Waals surface area contributed by atoms with Gasteiger partial charge >= 0.3 is 189 Å². The van der Waals surface area contributed by atoms with E-state index >= 15 is 0 Å². The van der Waals surface area contributed by atoms with E-state index in [1.807, 2.05) is 41.8 Å². The van der Waals surface area contributed by atoms with Crippen molar-refractivity contribution in [1.82, 2.24) is 9.55 Å². The normalized spacial score (nSPS) is 14.8. The van der Waals surface area contributed by atoms with Crippen LogP contribution >= 0.6 is 11.3 Å². The van der Waals surface area contributed by atoms with Crippen LogP contribution in [-0.4, -0.2) is 19.8 Å². The number of Topliss-reactive ketones (excluding diaryl/α,β-unsaturated/α-hetero) is 1. The number of carbonyl (C=O) groups excluding carboxylic acids is 1. The van der Waals surface area contributed by atoms with E-state index in [2.05, 4.69) is 54.7 Å². The Labute approximate surface area is 254 Å². The SMILES string of the molecule is CCCC(=O)c1cn(Cc2ccccc2-c2ccccc2)c2sc(NCc3c(C)cccc3C3CC[I-]3)nc2c1=O. The number of aryl methyl sites for hydroxylation is 1. The molecule has 1 aliphatic rings. The van der Waals surface area contributed by atoms with Crippen LogP contribution in [0, 0.1) is 6.92 Å². The number of fused-ring (bicyclic) bond motifs is 1. The topological polar surface area (TPSA) is 64.0 Å². The Morgan fingerprint density at radius 2 is 1.85 bits per heavy atom. The first-order valence-electron chi connectivity index (χ1n) is 14.1. The molecule has 6 rings (SSSR count). The molecule has 0 amide bonds.